The number of benzene rings is 2. The van der Waals surface area contributed by atoms with Crippen molar-refractivity contribution in [3.8, 4) is 5.75 Å². The van der Waals surface area contributed by atoms with Crippen molar-refractivity contribution in [1.82, 2.24) is 0 Å². The summed E-state index contributed by atoms with van der Waals surface area (Å²) in [5, 5.41) is 17.4. The molecule has 10 nitrogen and oxygen atoms in total. The number of nitrogens with two attached hydrogens (primary N) is 4. The molecule has 1 unspecified atom stereocenters. The maximum Gasteiger partial charge on any atom is 0.254 e. The number of methoxy groups -OCH3 is 1. The van der Waals surface area contributed by atoms with E-state index in [0.29, 0.717) is 5.56 Å². The number of primary amides is 1. The van der Waals surface area contributed by atoms with Gasteiger partial charge in [0.2, 0.25) is 0 Å². The van der Waals surface area contributed by atoms with Crippen LogP contribution in [0.1, 0.15) is 24.2 Å². The van der Waals surface area contributed by atoms with E-state index >= 15 is 0 Å². The number of ether oxygens (including phenoxy) is 2. The van der Waals surface area contributed by atoms with Gasteiger partial charge >= 0.3 is 0 Å². The van der Waals surface area contributed by atoms with Crippen molar-refractivity contribution in [3.05, 3.63) is 76.8 Å². The standard InChI is InChI=1S/C23H27FN6O4/c1-12(31)9-19(26)30-22(28)20(23(29)32)21(27)14-5-8-16(25)17(10-14)34-18(11-33-2)13-3-6-15(24)7-4-13/h3-10,18,31H,11,25,27H2,1-2H3,(H2,29,32)(H3,26,28,30)/b12-9-,21-20?. The first-order valence-corrected chi connectivity index (χ1v) is 9.94. The van der Waals surface area contributed by atoms with Crippen molar-refractivity contribution in [2.75, 3.05) is 19.5 Å². The Morgan fingerprint density at radius 3 is 2.41 bits per heavy atom. The molecule has 0 heterocycles. The van der Waals surface area contributed by atoms with Gasteiger partial charge in [-0.15, -0.1) is 0 Å². The Kier molecular flexibility index (Phi) is 8.73. The molecule has 2 aromatic carbocycles. The predicted octanol–water partition coefficient (Wildman–Crippen LogP) is 2.13. The van der Waals surface area contributed by atoms with Crippen LogP contribution in [0.15, 0.2) is 64.9 Å². The highest BCUT2D eigenvalue weighted by Gasteiger charge is 2.20. The fraction of sp³-hybridized carbons (Fsp3) is 0.174. The van der Waals surface area contributed by atoms with E-state index in [0.717, 1.165) is 6.08 Å². The summed E-state index contributed by atoms with van der Waals surface area (Å²) in [5.41, 5.74) is 23.9. The normalized spacial score (nSPS) is 13.7. The van der Waals surface area contributed by atoms with Gasteiger partial charge in [-0.3, -0.25) is 10.2 Å². The summed E-state index contributed by atoms with van der Waals surface area (Å²) in [6.07, 6.45) is 0.476. The topological polar surface area (TPSA) is 196 Å². The first-order valence-electron chi connectivity index (χ1n) is 9.94. The third-order valence-electron chi connectivity index (χ3n) is 4.50. The minimum atomic E-state index is -1.01. The van der Waals surface area contributed by atoms with Crippen LogP contribution in [-0.4, -0.2) is 36.4 Å². The zero-order valence-electron chi connectivity index (χ0n) is 18.7. The van der Waals surface area contributed by atoms with Gasteiger partial charge in [0.25, 0.3) is 5.91 Å². The van der Waals surface area contributed by atoms with Crippen molar-refractivity contribution in [3.63, 3.8) is 0 Å². The molecule has 0 radical (unpaired) electrons. The van der Waals surface area contributed by atoms with Gasteiger partial charge in [0.1, 0.15) is 29.1 Å². The number of aliphatic hydroxyl groups is 1. The number of anilines is 1. The predicted molar refractivity (Wildman–Crippen MR) is 129 cm³/mol. The molecule has 0 aliphatic rings. The van der Waals surface area contributed by atoms with Crippen molar-refractivity contribution in [2.24, 2.45) is 22.2 Å². The summed E-state index contributed by atoms with van der Waals surface area (Å²) < 4.78 is 24.5. The van der Waals surface area contributed by atoms with Crippen LogP contribution in [0.5, 0.6) is 5.75 Å². The second-order valence-corrected chi connectivity index (χ2v) is 7.19. The molecule has 0 aliphatic carbocycles. The molecular formula is C23H27FN6O4. The summed E-state index contributed by atoms with van der Waals surface area (Å²) in [7, 11) is 1.49. The number of allylic oxidation sites excluding steroid dienone is 1. The quantitative estimate of drug-likeness (QED) is 0.106. The SMILES string of the molecule is COCC(Oc1cc(C(N)=C(C(=N)N=C(N)/C=C(/C)O)C(N)=O)ccc1N)c1ccc(F)cc1. The Hall–Kier alpha value is -4.38. The van der Waals surface area contributed by atoms with Crippen molar-refractivity contribution in [1.29, 1.82) is 5.41 Å². The monoisotopic (exact) mass is 470 g/mol. The van der Waals surface area contributed by atoms with Gasteiger partial charge in [0.05, 0.1) is 23.8 Å². The molecule has 10 N–H and O–H groups in total. The molecule has 0 saturated heterocycles. The second kappa shape index (κ2) is 11.5. The number of amidine groups is 2. The van der Waals surface area contributed by atoms with Crippen LogP contribution in [0, 0.1) is 11.2 Å². The Morgan fingerprint density at radius 1 is 1.21 bits per heavy atom. The zero-order chi connectivity index (χ0) is 25.4. The first-order chi connectivity index (χ1) is 16.0. The Balaban J connectivity index is 2.48. The molecule has 0 aliphatic heterocycles. The number of carbonyl (C=O) groups excluding carboxylic acids is 1. The number of nitrogen functional groups attached to an aromatic ring is 1. The molecule has 0 fully saturated rings. The lowest BCUT2D eigenvalue weighted by atomic mass is 10.0. The highest BCUT2D eigenvalue weighted by atomic mass is 19.1. The molecule has 2 aromatic rings. The maximum absolute atomic E-state index is 13.3. The number of halogens is 1. The van der Waals surface area contributed by atoms with E-state index in [9.17, 15) is 14.3 Å². The molecular weight excluding hydrogens is 443 g/mol. The zero-order valence-corrected chi connectivity index (χ0v) is 18.7. The Morgan fingerprint density at radius 2 is 1.85 bits per heavy atom. The summed E-state index contributed by atoms with van der Waals surface area (Å²) in [4.78, 5) is 15.8. The number of rotatable bonds is 9. The molecule has 34 heavy (non-hydrogen) atoms. The lowest BCUT2D eigenvalue weighted by Gasteiger charge is -2.21. The Labute approximate surface area is 195 Å². The van der Waals surface area contributed by atoms with Gasteiger partial charge in [0.15, 0.2) is 5.84 Å². The van der Waals surface area contributed by atoms with E-state index in [1.54, 1.807) is 12.1 Å². The van der Waals surface area contributed by atoms with Gasteiger partial charge in [-0.05, 0) is 36.8 Å². The van der Waals surface area contributed by atoms with E-state index in [2.05, 4.69) is 4.99 Å². The number of hydrogen-bond acceptors (Lipinski definition) is 7. The molecule has 1 amide bonds. The number of nitrogens with zero attached hydrogens (tertiary/aromatic N) is 1. The minimum Gasteiger partial charge on any atom is -0.512 e. The van der Waals surface area contributed by atoms with Crippen LogP contribution in [0.4, 0.5) is 10.1 Å². The highest BCUT2D eigenvalue weighted by molar-refractivity contribution is 6.26. The summed E-state index contributed by atoms with van der Waals surface area (Å²) in [5.74, 6) is -2.15. The van der Waals surface area contributed by atoms with Crippen LogP contribution in [0.2, 0.25) is 0 Å². The van der Waals surface area contributed by atoms with E-state index in [1.165, 1.54) is 44.4 Å². The molecule has 11 heteroatoms. The Bertz CT molecular complexity index is 1150. The molecule has 1 atom stereocenters. The number of nitrogens with one attached hydrogen (secondary N) is 1. The van der Waals surface area contributed by atoms with E-state index < -0.39 is 29.2 Å². The molecule has 0 saturated carbocycles. The van der Waals surface area contributed by atoms with Gasteiger partial charge in [-0.1, -0.05) is 18.2 Å². The van der Waals surface area contributed by atoms with Crippen LogP contribution in [-0.2, 0) is 9.53 Å². The van der Waals surface area contributed by atoms with Crippen LogP contribution >= 0.6 is 0 Å². The number of hydrogen-bond donors (Lipinski definition) is 6. The fourth-order valence-electron chi connectivity index (χ4n) is 2.94. The third-order valence-corrected chi connectivity index (χ3v) is 4.50. The van der Waals surface area contributed by atoms with E-state index in [1.807, 2.05) is 0 Å². The molecule has 0 bridgehead atoms. The molecule has 180 valence electrons. The van der Waals surface area contributed by atoms with Gasteiger partial charge in [-0.25, -0.2) is 9.38 Å². The van der Waals surface area contributed by atoms with E-state index in [4.69, 9.17) is 37.8 Å². The first kappa shape index (κ1) is 25.9. The molecule has 0 aromatic heterocycles. The largest absolute Gasteiger partial charge is 0.512 e. The molecule has 2 rings (SSSR count). The minimum absolute atomic E-state index is 0.140. The summed E-state index contributed by atoms with van der Waals surface area (Å²) >= 11 is 0. The smallest absolute Gasteiger partial charge is 0.254 e. The average Bonchev–Trinajstić information content (AvgIpc) is 2.74. The van der Waals surface area contributed by atoms with Crippen molar-refractivity contribution >= 4 is 29.0 Å². The van der Waals surface area contributed by atoms with Crippen LogP contribution in [0.3, 0.4) is 0 Å². The lowest BCUT2D eigenvalue weighted by Crippen LogP contribution is -2.25. The average molecular weight is 471 g/mol. The second-order valence-electron chi connectivity index (χ2n) is 7.19. The summed E-state index contributed by atoms with van der Waals surface area (Å²) in [6.45, 7) is 1.51. The lowest BCUT2D eigenvalue weighted by molar-refractivity contribution is -0.114. The van der Waals surface area contributed by atoms with Crippen molar-refractivity contribution in [2.45, 2.75) is 13.0 Å². The van der Waals surface area contributed by atoms with Gasteiger partial charge < -0.3 is 37.5 Å². The number of carbonyl (C=O) groups is 1. The van der Waals surface area contributed by atoms with Crippen LogP contribution in [0.25, 0.3) is 5.70 Å². The summed E-state index contributed by atoms with van der Waals surface area (Å²) in [6, 6.07) is 10.2. The number of aliphatic hydroxyl groups excluding tert-OH is 1. The maximum atomic E-state index is 13.3. The number of amides is 1. The van der Waals surface area contributed by atoms with E-state index in [-0.39, 0.29) is 40.9 Å². The highest BCUT2D eigenvalue weighted by Crippen LogP contribution is 2.31. The van der Waals surface area contributed by atoms with Crippen molar-refractivity contribution < 1.29 is 23.8 Å². The van der Waals surface area contributed by atoms with Gasteiger partial charge in [0, 0.05) is 18.7 Å². The molecule has 0 spiro atoms. The third kappa shape index (κ3) is 6.81. The fourth-order valence-corrected chi connectivity index (χ4v) is 2.94. The number of aliphatic imine (C=N–C) groups is 1. The van der Waals surface area contributed by atoms with Crippen LogP contribution < -0.4 is 27.7 Å². The van der Waals surface area contributed by atoms with Gasteiger partial charge in [-0.2, -0.15) is 0 Å².